The van der Waals surface area contributed by atoms with Gasteiger partial charge in [-0.1, -0.05) is 6.42 Å². The summed E-state index contributed by atoms with van der Waals surface area (Å²) >= 11 is 0. The van der Waals surface area contributed by atoms with Crippen LogP contribution in [-0.2, 0) is 0 Å². The maximum atomic E-state index is 4.49. The summed E-state index contributed by atoms with van der Waals surface area (Å²) < 4.78 is 0. The Morgan fingerprint density at radius 2 is 2.08 bits per heavy atom. The molecule has 0 aromatic heterocycles. The third-order valence-electron chi connectivity index (χ3n) is 3.45. The second-order valence-electron chi connectivity index (χ2n) is 4.67. The van der Waals surface area contributed by atoms with E-state index in [2.05, 4.69) is 24.1 Å². The molecule has 2 fully saturated rings. The average Bonchev–Trinajstić information content (AvgIpc) is 2.62. The molecule has 0 N–H and O–H groups in total. The van der Waals surface area contributed by atoms with Crippen LogP contribution in [0.5, 0.6) is 0 Å². The van der Waals surface area contributed by atoms with E-state index in [9.17, 15) is 0 Å². The molecule has 1 spiro atoms. The van der Waals surface area contributed by atoms with Crippen molar-refractivity contribution in [1.82, 2.24) is 4.90 Å². The molecule has 0 aromatic carbocycles. The minimum Gasteiger partial charge on any atom is -0.662 e. The summed E-state index contributed by atoms with van der Waals surface area (Å²) in [5.41, 5.74) is 0.601. The fraction of sp³-hybridized carbons (Fsp3) is 1.00. The van der Waals surface area contributed by atoms with Gasteiger partial charge in [0.15, 0.2) is 0 Å². The number of hydrogen-bond donors (Lipinski definition) is 0. The Balaban J connectivity index is 0.000000845. The standard InChI is InChI=1S/C10H19N2.K/c1-9(2)12-6-4-10(8-12)3-5-11-7-10;/h9H,3-8H2,1-2H3;/q-1;+1. The largest absolute Gasteiger partial charge is 1.00 e. The minimum atomic E-state index is 0. The first kappa shape index (κ1) is 12.6. The Kier molecular flexibility index (Phi) is 4.91. The van der Waals surface area contributed by atoms with Crippen LogP contribution in [0.2, 0.25) is 0 Å². The summed E-state index contributed by atoms with van der Waals surface area (Å²) in [6.45, 7) is 9.44. The Hall–Kier alpha value is 1.56. The molecule has 2 nitrogen and oxygen atoms in total. The predicted octanol–water partition coefficient (Wildman–Crippen LogP) is -1.13. The molecule has 0 saturated carbocycles. The smallest absolute Gasteiger partial charge is 0.662 e. The molecule has 3 heteroatoms. The SMILES string of the molecule is CC(C)N1CCC2(CC[N-]C2)C1.[K+]. The van der Waals surface area contributed by atoms with E-state index in [1.807, 2.05) is 0 Å². The maximum absolute atomic E-state index is 4.49. The van der Waals surface area contributed by atoms with Gasteiger partial charge in [0, 0.05) is 12.6 Å². The van der Waals surface area contributed by atoms with E-state index in [1.54, 1.807) is 0 Å². The van der Waals surface area contributed by atoms with Crippen LogP contribution in [0.3, 0.4) is 0 Å². The monoisotopic (exact) mass is 206 g/mol. The molecule has 2 aliphatic rings. The molecule has 1 unspecified atom stereocenters. The van der Waals surface area contributed by atoms with Gasteiger partial charge in [0.1, 0.15) is 0 Å². The zero-order chi connectivity index (χ0) is 8.60. The Labute approximate surface area is 124 Å². The first-order valence-corrected chi connectivity index (χ1v) is 5.09. The van der Waals surface area contributed by atoms with E-state index in [-0.39, 0.29) is 51.4 Å². The van der Waals surface area contributed by atoms with Crippen LogP contribution in [0, 0.1) is 5.41 Å². The van der Waals surface area contributed by atoms with Crippen LogP contribution in [0.25, 0.3) is 5.32 Å². The van der Waals surface area contributed by atoms with Gasteiger partial charge in [-0.3, -0.25) is 0 Å². The molecular formula is C10H19KN2. The third kappa shape index (κ3) is 2.77. The first-order valence-electron chi connectivity index (χ1n) is 5.09. The second-order valence-corrected chi connectivity index (χ2v) is 4.67. The van der Waals surface area contributed by atoms with Gasteiger partial charge < -0.3 is 10.2 Å². The summed E-state index contributed by atoms with van der Waals surface area (Å²) in [7, 11) is 0. The first-order chi connectivity index (χ1) is 5.72. The molecule has 70 valence electrons. The second kappa shape index (κ2) is 5.06. The number of nitrogens with zero attached hydrogens (tertiary/aromatic N) is 2. The van der Waals surface area contributed by atoms with Gasteiger partial charge in [-0.05, 0) is 32.2 Å². The van der Waals surface area contributed by atoms with Crippen molar-refractivity contribution in [2.24, 2.45) is 5.41 Å². The van der Waals surface area contributed by atoms with Crippen molar-refractivity contribution in [3.8, 4) is 0 Å². The fourth-order valence-electron chi connectivity index (χ4n) is 2.46. The topological polar surface area (TPSA) is 17.3 Å². The van der Waals surface area contributed by atoms with Gasteiger partial charge in [0.05, 0.1) is 0 Å². The average molecular weight is 206 g/mol. The molecule has 2 heterocycles. The summed E-state index contributed by atoms with van der Waals surface area (Å²) in [5.74, 6) is 0. The minimum absolute atomic E-state index is 0. The summed E-state index contributed by atoms with van der Waals surface area (Å²) in [6, 6.07) is 0.727. The van der Waals surface area contributed by atoms with Crippen molar-refractivity contribution in [2.45, 2.75) is 32.7 Å². The molecule has 0 aliphatic carbocycles. The van der Waals surface area contributed by atoms with Crippen LogP contribution in [0.15, 0.2) is 0 Å². The fourth-order valence-corrected chi connectivity index (χ4v) is 2.46. The van der Waals surface area contributed by atoms with Gasteiger partial charge in [0.2, 0.25) is 0 Å². The Bertz CT molecular complexity index is 164. The van der Waals surface area contributed by atoms with Crippen LogP contribution >= 0.6 is 0 Å². The van der Waals surface area contributed by atoms with Gasteiger partial charge in [0.25, 0.3) is 0 Å². The number of rotatable bonds is 1. The van der Waals surface area contributed by atoms with E-state index in [0.717, 1.165) is 19.1 Å². The van der Waals surface area contributed by atoms with Gasteiger partial charge >= 0.3 is 51.4 Å². The molecule has 2 rings (SSSR count). The van der Waals surface area contributed by atoms with Gasteiger partial charge in [-0.25, -0.2) is 0 Å². The van der Waals surface area contributed by atoms with Crippen molar-refractivity contribution < 1.29 is 51.4 Å². The van der Waals surface area contributed by atoms with Crippen LogP contribution < -0.4 is 51.4 Å². The van der Waals surface area contributed by atoms with E-state index in [0.29, 0.717) is 5.41 Å². The van der Waals surface area contributed by atoms with Crippen molar-refractivity contribution in [2.75, 3.05) is 26.2 Å². The molecule has 0 amide bonds. The van der Waals surface area contributed by atoms with Crippen LogP contribution in [0.1, 0.15) is 26.7 Å². The maximum Gasteiger partial charge on any atom is 1.00 e. The molecule has 2 saturated heterocycles. The van der Waals surface area contributed by atoms with E-state index in [1.165, 1.54) is 25.9 Å². The molecule has 0 radical (unpaired) electrons. The third-order valence-corrected chi connectivity index (χ3v) is 3.45. The van der Waals surface area contributed by atoms with Crippen LogP contribution in [0.4, 0.5) is 0 Å². The van der Waals surface area contributed by atoms with Crippen molar-refractivity contribution >= 4 is 0 Å². The van der Waals surface area contributed by atoms with E-state index >= 15 is 0 Å². The Morgan fingerprint density at radius 1 is 1.31 bits per heavy atom. The molecular weight excluding hydrogens is 187 g/mol. The quantitative estimate of drug-likeness (QED) is 0.496. The van der Waals surface area contributed by atoms with Crippen molar-refractivity contribution in [3.05, 3.63) is 5.32 Å². The van der Waals surface area contributed by atoms with Gasteiger partial charge in [-0.15, -0.1) is 13.1 Å². The number of hydrogen-bond acceptors (Lipinski definition) is 1. The molecule has 1 atom stereocenters. The van der Waals surface area contributed by atoms with Crippen molar-refractivity contribution in [1.29, 1.82) is 0 Å². The molecule has 2 aliphatic heterocycles. The van der Waals surface area contributed by atoms with Crippen LogP contribution in [-0.4, -0.2) is 37.1 Å². The predicted molar refractivity (Wildman–Crippen MR) is 51.5 cm³/mol. The van der Waals surface area contributed by atoms with E-state index in [4.69, 9.17) is 0 Å². The van der Waals surface area contributed by atoms with Crippen molar-refractivity contribution in [3.63, 3.8) is 0 Å². The van der Waals surface area contributed by atoms with E-state index < -0.39 is 0 Å². The number of likely N-dealkylation sites (tertiary alicyclic amines) is 1. The zero-order valence-electron chi connectivity index (χ0n) is 9.21. The normalized spacial score (nSPS) is 34.4. The Morgan fingerprint density at radius 3 is 2.54 bits per heavy atom. The zero-order valence-corrected chi connectivity index (χ0v) is 12.3. The summed E-state index contributed by atoms with van der Waals surface area (Å²) in [4.78, 5) is 2.60. The molecule has 0 aromatic rings. The molecule has 0 bridgehead atoms. The summed E-state index contributed by atoms with van der Waals surface area (Å²) in [6.07, 6.45) is 2.73. The molecule has 13 heavy (non-hydrogen) atoms. The summed E-state index contributed by atoms with van der Waals surface area (Å²) in [5, 5.41) is 4.49. The van der Waals surface area contributed by atoms with Gasteiger partial charge in [-0.2, -0.15) is 0 Å².